The number of benzene rings is 1. The summed E-state index contributed by atoms with van der Waals surface area (Å²) in [7, 11) is 0.144. The quantitative estimate of drug-likeness (QED) is 0.331. The molecule has 0 bridgehead atoms. The molecule has 8 nitrogen and oxygen atoms in total. The largest absolute Gasteiger partial charge is 0.445 e. The molecule has 0 saturated carbocycles. The monoisotopic (exact) mass is 481 g/mol. The average Bonchev–Trinajstić information content (AvgIpc) is 3.31. The van der Waals surface area contributed by atoms with E-state index in [1.165, 1.54) is 12.1 Å². The maximum Gasteiger partial charge on any atom is 0.410 e. The van der Waals surface area contributed by atoms with Crippen LogP contribution in [0.5, 0.6) is 0 Å². The van der Waals surface area contributed by atoms with Crippen LogP contribution >= 0.6 is 11.8 Å². The van der Waals surface area contributed by atoms with E-state index in [1.54, 1.807) is 12.1 Å². The van der Waals surface area contributed by atoms with Crippen molar-refractivity contribution in [2.45, 2.75) is 69.5 Å². The van der Waals surface area contributed by atoms with Gasteiger partial charge in [0.2, 0.25) is 0 Å². The summed E-state index contributed by atoms with van der Waals surface area (Å²) in [6.45, 7) is 12.8. The Hall–Kier alpha value is -1.62. The first kappa shape index (κ1) is 25.0. The number of amides is 1. The van der Waals surface area contributed by atoms with Crippen LogP contribution in [-0.2, 0) is 15.8 Å². The Kier molecular flexibility index (Phi) is 7.58. The van der Waals surface area contributed by atoms with Gasteiger partial charge in [-0.25, -0.2) is 4.79 Å². The summed E-state index contributed by atoms with van der Waals surface area (Å²) in [5.74, 6) is 1.05. The molecule has 3 rings (SSSR count). The van der Waals surface area contributed by atoms with E-state index in [9.17, 15) is 14.9 Å². The number of carbonyl (C=O) groups excluding carboxylic acids is 1. The summed E-state index contributed by atoms with van der Waals surface area (Å²) in [5, 5.41) is 11.2. The Morgan fingerprint density at radius 3 is 2.47 bits per heavy atom. The van der Waals surface area contributed by atoms with Crippen molar-refractivity contribution < 1.29 is 18.9 Å². The standard InChI is InChI=1S/C22H35N3O5SSi/c1-22(2,3)32(5,6)30-18-13-19(20-23(4)11-12-31-20)24(14-18)21(26)29-15-16-7-9-17(10-8-16)25(27)28/h7-10,18-20H,11-15H2,1-6H3. The fraction of sp³-hybridized carbons (Fsp3) is 0.682. The number of ether oxygens (including phenoxy) is 1. The maximum absolute atomic E-state index is 13.1. The van der Waals surface area contributed by atoms with Crippen LogP contribution in [-0.4, -0.2) is 72.5 Å². The second kappa shape index (κ2) is 9.70. The second-order valence-electron chi connectivity index (χ2n) is 10.2. The van der Waals surface area contributed by atoms with Crippen LogP contribution in [0.25, 0.3) is 0 Å². The first-order chi connectivity index (χ1) is 14.9. The van der Waals surface area contributed by atoms with Gasteiger partial charge in [-0.3, -0.25) is 15.0 Å². The number of nitro groups is 1. The third-order valence-electron chi connectivity index (χ3n) is 6.81. The molecular weight excluding hydrogens is 446 g/mol. The zero-order valence-electron chi connectivity index (χ0n) is 19.9. The lowest BCUT2D eigenvalue weighted by Gasteiger charge is -2.38. The van der Waals surface area contributed by atoms with Crippen molar-refractivity contribution >= 4 is 31.9 Å². The number of hydrogen-bond donors (Lipinski definition) is 0. The molecule has 0 spiro atoms. The third kappa shape index (κ3) is 5.65. The molecule has 0 aromatic heterocycles. The minimum atomic E-state index is -1.96. The van der Waals surface area contributed by atoms with Crippen LogP contribution in [0.1, 0.15) is 32.8 Å². The van der Waals surface area contributed by atoms with Gasteiger partial charge in [0.15, 0.2) is 8.32 Å². The number of nitro benzene ring substituents is 1. The molecule has 0 radical (unpaired) electrons. The van der Waals surface area contributed by atoms with Gasteiger partial charge < -0.3 is 14.1 Å². The number of thioether (sulfide) groups is 1. The maximum atomic E-state index is 13.1. The zero-order chi connectivity index (χ0) is 23.7. The van der Waals surface area contributed by atoms with Crippen molar-refractivity contribution in [2.24, 2.45) is 0 Å². The molecule has 1 aromatic rings. The van der Waals surface area contributed by atoms with E-state index in [4.69, 9.17) is 9.16 Å². The molecule has 3 unspecified atom stereocenters. The van der Waals surface area contributed by atoms with Crippen LogP contribution in [0.4, 0.5) is 10.5 Å². The second-order valence-corrected chi connectivity index (χ2v) is 16.2. The normalized spacial score (nSPS) is 24.7. The number of likely N-dealkylation sites (tertiary alicyclic amines) is 1. The summed E-state index contributed by atoms with van der Waals surface area (Å²) >= 11 is 1.88. The number of nitrogens with zero attached hydrogens (tertiary/aromatic N) is 3. The van der Waals surface area contributed by atoms with E-state index in [2.05, 4.69) is 45.8 Å². The molecule has 10 heteroatoms. The van der Waals surface area contributed by atoms with Crippen molar-refractivity contribution in [3.05, 3.63) is 39.9 Å². The summed E-state index contributed by atoms with van der Waals surface area (Å²) in [6.07, 6.45) is 0.458. The van der Waals surface area contributed by atoms with Crippen LogP contribution in [0.2, 0.25) is 18.1 Å². The highest BCUT2D eigenvalue weighted by atomic mass is 32.2. The molecule has 1 aromatic carbocycles. The zero-order valence-corrected chi connectivity index (χ0v) is 21.7. The highest BCUT2D eigenvalue weighted by Gasteiger charge is 2.47. The van der Waals surface area contributed by atoms with Gasteiger partial charge in [-0.15, -0.1) is 11.8 Å². The third-order valence-corrected chi connectivity index (χ3v) is 12.8. The average molecular weight is 482 g/mol. The van der Waals surface area contributed by atoms with Crippen molar-refractivity contribution in [1.29, 1.82) is 0 Å². The van der Waals surface area contributed by atoms with E-state index < -0.39 is 13.2 Å². The topological polar surface area (TPSA) is 85.2 Å². The van der Waals surface area contributed by atoms with E-state index in [0.717, 1.165) is 24.3 Å². The number of carbonyl (C=O) groups is 1. The van der Waals surface area contributed by atoms with Gasteiger partial charge in [0, 0.05) is 31.0 Å². The molecule has 0 N–H and O–H groups in total. The lowest BCUT2D eigenvalue weighted by molar-refractivity contribution is -0.384. The van der Waals surface area contributed by atoms with E-state index >= 15 is 0 Å². The van der Waals surface area contributed by atoms with Crippen molar-refractivity contribution in [1.82, 2.24) is 9.80 Å². The van der Waals surface area contributed by atoms with Gasteiger partial charge in [-0.1, -0.05) is 20.8 Å². The molecular formula is C22H35N3O5SSi. The highest BCUT2D eigenvalue weighted by Crippen LogP contribution is 2.41. The lowest BCUT2D eigenvalue weighted by Crippen LogP contribution is -2.46. The first-order valence-electron chi connectivity index (χ1n) is 11.1. The summed E-state index contributed by atoms with van der Waals surface area (Å²) in [4.78, 5) is 27.6. The summed E-state index contributed by atoms with van der Waals surface area (Å²) in [6, 6.07) is 6.13. The number of rotatable bonds is 6. The fourth-order valence-electron chi connectivity index (χ4n) is 3.90. The highest BCUT2D eigenvalue weighted by molar-refractivity contribution is 8.00. The molecule has 178 valence electrons. The van der Waals surface area contributed by atoms with Gasteiger partial charge in [0.25, 0.3) is 5.69 Å². The predicted molar refractivity (Wildman–Crippen MR) is 129 cm³/mol. The lowest BCUT2D eigenvalue weighted by atomic mass is 10.2. The molecule has 32 heavy (non-hydrogen) atoms. The molecule has 2 heterocycles. The van der Waals surface area contributed by atoms with Crippen molar-refractivity contribution in [3.63, 3.8) is 0 Å². The van der Waals surface area contributed by atoms with E-state index in [-0.39, 0.29) is 40.9 Å². The van der Waals surface area contributed by atoms with Gasteiger partial charge in [0.1, 0.15) is 6.61 Å². The van der Waals surface area contributed by atoms with Gasteiger partial charge in [0.05, 0.1) is 22.4 Å². The number of likely N-dealkylation sites (N-methyl/N-ethyl adjacent to an activating group) is 1. The summed E-state index contributed by atoms with van der Waals surface area (Å²) in [5.41, 5.74) is 0.743. The van der Waals surface area contributed by atoms with Crippen molar-refractivity contribution in [3.8, 4) is 0 Å². The molecule has 1 amide bonds. The number of non-ortho nitro benzene ring substituents is 1. The van der Waals surface area contributed by atoms with Crippen molar-refractivity contribution in [2.75, 3.05) is 25.9 Å². The van der Waals surface area contributed by atoms with Crippen LogP contribution in [0, 0.1) is 10.1 Å². The van der Waals surface area contributed by atoms with Gasteiger partial charge >= 0.3 is 6.09 Å². The smallest absolute Gasteiger partial charge is 0.410 e. The van der Waals surface area contributed by atoms with Crippen LogP contribution < -0.4 is 0 Å². The van der Waals surface area contributed by atoms with E-state index in [1.807, 2.05) is 16.7 Å². The van der Waals surface area contributed by atoms with Crippen LogP contribution in [0.3, 0.4) is 0 Å². The van der Waals surface area contributed by atoms with E-state index in [0.29, 0.717) is 6.54 Å². The predicted octanol–water partition coefficient (Wildman–Crippen LogP) is 4.70. The SMILES string of the molecule is CN1CCSC1C1CC(O[Si](C)(C)C(C)(C)C)CN1C(=O)OCc1ccc([N+](=O)[O-])cc1. The first-order valence-corrected chi connectivity index (χ1v) is 15.0. The Morgan fingerprint density at radius 1 is 1.28 bits per heavy atom. The molecule has 2 aliphatic rings. The Labute approximate surface area is 195 Å². The minimum absolute atomic E-state index is 0.00224. The van der Waals surface area contributed by atoms with Crippen LogP contribution in [0.15, 0.2) is 24.3 Å². The minimum Gasteiger partial charge on any atom is -0.445 e. The molecule has 0 aliphatic carbocycles. The summed E-state index contributed by atoms with van der Waals surface area (Å²) < 4.78 is 12.3. The van der Waals surface area contributed by atoms with Gasteiger partial charge in [-0.05, 0) is 49.3 Å². The Bertz CT molecular complexity index is 830. The fourth-order valence-corrected chi connectivity index (χ4v) is 6.74. The Balaban J connectivity index is 1.69. The Morgan fingerprint density at radius 2 is 1.94 bits per heavy atom. The molecule has 3 atom stereocenters. The molecule has 2 saturated heterocycles. The number of hydrogen-bond acceptors (Lipinski definition) is 7. The molecule has 2 aliphatic heterocycles. The van der Waals surface area contributed by atoms with Gasteiger partial charge in [-0.2, -0.15) is 0 Å². The molecule has 2 fully saturated rings.